The zero-order chi connectivity index (χ0) is 15.6. The molecule has 1 atom stereocenters. The molecule has 1 aromatic carbocycles. The summed E-state index contributed by atoms with van der Waals surface area (Å²) in [7, 11) is 0. The van der Waals surface area contributed by atoms with Gasteiger partial charge in [-0.15, -0.1) is 0 Å². The molecular weight excluding hydrogens is 266 g/mol. The lowest BCUT2D eigenvalue weighted by atomic mass is 9.68. The van der Waals surface area contributed by atoms with Gasteiger partial charge in [0.15, 0.2) is 0 Å². The van der Waals surface area contributed by atoms with Crippen LogP contribution < -0.4 is 5.32 Å². The number of benzene rings is 1. The third kappa shape index (κ3) is 3.74. The highest BCUT2D eigenvalue weighted by Gasteiger charge is 2.30. The molecule has 1 N–H and O–H groups in total. The highest BCUT2D eigenvalue weighted by atomic mass is 14.9. The first-order valence-electron chi connectivity index (χ1n) is 9.37. The average Bonchev–Trinajstić information content (AvgIpc) is 2.55. The Hall–Kier alpha value is -0.820. The monoisotopic (exact) mass is 299 g/mol. The van der Waals surface area contributed by atoms with Crippen molar-refractivity contribution in [3.05, 3.63) is 35.4 Å². The molecule has 0 amide bonds. The molecule has 1 saturated carbocycles. The molecule has 3 rings (SSSR count). The van der Waals surface area contributed by atoms with E-state index in [0.29, 0.717) is 11.5 Å². The van der Waals surface area contributed by atoms with E-state index in [9.17, 15) is 0 Å². The minimum absolute atomic E-state index is 0.488. The van der Waals surface area contributed by atoms with Crippen LogP contribution in [0.3, 0.4) is 0 Å². The number of piperidine rings is 1. The molecule has 1 saturated heterocycles. The van der Waals surface area contributed by atoms with E-state index in [0.717, 1.165) is 11.8 Å². The maximum absolute atomic E-state index is 3.66. The van der Waals surface area contributed by atoms with E-state index in [4.69, 9.17) is 0 Å². The van der Waals surface area contributed by atoms with Crippen LogP contribution in [0.2, 0.25) is 0 Å². The van der Waals surface area contributed by atoms with Crippen LogP contribution in [0, 0.1) is 11.3 Å². The van der Waals surface area contributed by atoms with E-state index in [-0.39, 0.29) is 0 Å². The van der Waals surface area contributed by atoms with Crippen LogP contribution in [0.1, 0.15) is 88.8 Å². The van der Waals surface area contributed by atoms with Crippen molar-refractivity contribution in [1.29, 1.82) is 0 Å². The van der Waals surface area contributed by atoms with Crippen molar-refractivity contribution in [3.63, 3.8) is 0 Å². The quantitative estimate of drug-likeness (QED) is 0.725. The average molecular weight is 300 g/mol. The number of nitrogens with one attached hydrogen (secondary N) is 1. The highest BCUT2D eigenvalue weighted by molar-refractivity contribution is 5.28. The summed E-state index contributed by atoms with van der Waals surface area (Å²) in [4.78, 5) is 0. The van der Waals surface area contributed by atoms with Crippen molar-refractivity contribution in [2.75, 3.05) is 6.54 Å². The van der Waals surface area contributed by atoms with Crippen molar-refractivity contribution in [3.8, 4) is 0 Å². The molecule has 1 aliphatic carbocycles. The molecule has 1 heterocycles. The molecule has 0 bridgehead atoms. The topological polar surface area (TPSA) is 12.0 Å². The Morgan fingerprint density at radius 1 is 0.818 bits per heavy atom. The first-order chi connectivity index (χ1) is 10.5. The van der Waals surface area contributed by atoms with Gasteiger partial charge in [-0.1, -0.05) is 51.5 Å². The Bertz CT molecular complexity index is 454. The van der Waals surface area contributed by atoms with Crippen LogP contribution in [0.25, 0.3) is 0 Å². The van der Waals surface area contributed by atoms with E-state index in [1.54, 1.807) is 5.56 Å². The van der Waals surface area contributed by atoms with E-state index in [1.165, 1.54) is 57.1 Å². The summed E-state index contributed by atoms with van der Waals surface area (Å²) in [6.45, 7) is 8.40. The van der Waals surface area contributed by atoms with E-state index in [2.05, 4.69) is 50.4 Å². The van der Waals surface area contributed by atoms with Crippen LogP contribution in [0.4, 0.5) is 0 Å². The van der Waals surface area contributed by atoms with Crippen molar-refractivity contribution in [2.24, 2.45) is 11.3 Å². The van der Waals surface area contributed by atoms with Gasteiger partial charge in [-0.3, -0.25) is 0 Å². The fourth-order valence-corrected chi connectivity index (χ4v) is 4.43. The second-order valence-electron chi connectivity index (χ2n) is 8.58. The zero-order valence-corrected chi connectivity index (χ0v) is 14.7. The lowest BCUT2D eigenvalue weighted by Gasteiger charge is -2.37. The molecule has 1 heteroatoms. The highest BCUT2D eigenvalue weighted by Crippen LogP contribution is 2.43. The molecule has 0 radical (unpaired) electrons. The van der Waals surface area contributed by atoms with E-state index >= 15 is 0 Å². The van der Waals surface area contributed by atoms with Gasteiger partial charge in [0.25, 0.3) is 0 Å². The SMILES string of the molecule is CC(C)(C)C1CCC(c2ccc(C3CCCCN3)cc2)CC1. The first kappa shape index (κ1) is 16.1. The van der Waals surface area contributed by atoms with Gasteiger partial charge in [0.2, 0.25) is 0 Å². The third-order valence-corrected chi connectivity index (χ3v) is 6.07. The maximum atomic E-state index is 3.66. The van der Waals surface area contributed by atoms with E-state index < -0.39 is 0 Å². The lowest BCUT2D eigenvalue weighted by molar-refractivity contribution is 0.169. The fourth-order valence-electron chi connectivity index (χ4n) is 4.43. The predicted molar refractivity (Wildman–Crippen MR) is 95.2 cm³/mol. The molecule has 1 nitrogen and oxygen atoms in total. The smallest absolute Gasteiger partial charge is 0.0320 e. The third-order valence-electron chi connectivity index (χ3n) is 6.07. The molecular formula is C21H33N. The van der Waals surface area contributed by atoms with Crippen LogP contribution in [0.5, 0.6) is 0 Å². The second-order valence-corrected chi connectivity index (χ2v) is 8.58. The van der Waals surface area contributed by atoms with Gasteiger partial charge >= 0.3 is 0 Å². The van der Waals surface area contributed by atoms with Gasteiger partial charge in [0.1, 0.15) is 0 Å². The summed E-state index contributed by atoms with van der Waals surface area (Å²) in [6, 6.07) is 10.2. The Labute approximate surface area is 136 Å². The maximum Gasteiger partial charge on any atom is 0.0320 e. The summed E-state index contributed by atoms with van der Waals surface area (Å²) < 4.78 is 0. The summed E-state index contributed by atoms with van der Waals surface area (Å²) in [5, 5.41) is 3.66. The van der Waals surface area contributed by atoms with Crippen molar-refractivity contribution in [1.82, 2.24) is 5.32 Å². The first-order valence-corrected chi connectivity index (χ1v) is 9.37. The molecule has 0 aromatic heterocycles. The minimum Gasteiger partial charge on any atom is -0.310 e. The van der Waals surface area contributed by atoms with Crippen LogP contribution in [-0.4, -0.2) is 6.54 Å². The van der Waals surface area contributed by atoms with Crippen molar-refractivity contribution in [2.45, 2.75) is 77.7 Å². The van der Waals surface area contributed by atoms with Crippen LogP contribution in [0.15, 0.2) is 24.3 Å². The van der Waals surface area contributed by atoms with E-state index in [1.807, 2.05) is 0 Å². The summed E-state index contributed by atoms with van der Waals surface area (Å²) in [5.74, 6) is 1.71. The van der Waals surface area contributed by atoms with Crippen molar-refractivity contribution < 1.29 is 0 Å². The summed E-state index contributed by atoms with van der Waals surface area (Å²) in [5.41, 5.74) is 3.56. The molecule has 1 aromatic rings. The van der Waals surface area contributed by atoms with Gasteiger partial charge in [0, 0.05) is 6.04 Å². The number of rotatable bonds is 2. The normalized spacial score (nSPS) is 30.2. The van der Waals surface area contributed by atoms with Crippen molar-refractivity contribution >= 4 is 0 Å². The Balaban J connectivity index is 1.59. The molecule has 0 spiro atoms. The number of hydrogen-bond acceptors (Lipinski definition) is 1. The molecule has 22 heavy (non-hydrogen) atoms. The Morgan fingerprint density at radius 2 is 1.45 bits per heavy atom. The lowest BCUT2D eigenvalue weighted by Crippen LogP contribution is -2.27. The zero-order valence-electron chi connectivity index (χ0n) is 14.7. The summed E-state index contributed by atoms with van der Waals surface area (Å²) in [6.07, 6.45) is 9.57. The molecule has 1 aliphatic heterocycles. The number of hydrogen-bond donors (Lipinski definition) is 1. The van der Waals surface area contributed by atoms with Crippen LogP contribution >= 0.6 is 0 Å². The molecule has 2 fully saturated rings. The molecule has 2 aliphatic rings. The van der Waals surface area contributed by atoms with Gasteiger partial charge in [-0.2, -0.15) is 0 Å². The minimum atomic E-state index is 0.488. The predicted octanol–water partition coefficient (Wildman–Crippen LogP) is 5.82. The molecule has 1 unspecified atom stereocenters. The Kier molecular flexibility index (Phi) is 4.92. The van der Waals surface area contributed by atoms with Crippen LogP contribution in [-0.2, 0) is 0 Å². The van der Waals surface area contributed by atoms with Gasteiger partial charge in [0.05, 0.1) is 0 Å². The second kappa shape index (κ2) is 6.74. The largest absolute Gasteiger partial charge is 0.310 e. The van der Waals surface area contributed by atoms with Gasteiger partial charge in [-0.05, 0) is 73.4 Å². The Morgan fingerprint density at radius 3 is 2.00 bits per heavy atom. The standard InChI is InChI=1S/C21H33N/c1-21(2,3)19-13-11-17(12-14-19)16-7-9-18(10-8-16)20-6-4-5-15-22-20/h7-10,17,19-20,22H,4-6,11-15H2,1-3H3. The van der Waals surface area contributed by atoms with Gasteiger partial charge < -0.3 is 5.32 Å². The fraction of sp³-hybridized carbons (Fsp3) is 0.714. The molecule has 122 valence electrons. The summed E-state index contributed by atoms with van der Waals surface area (Å²) >= 11 is 0. The van der Waals surface area contributed by atoms with Gasteiger partial charge in [-0.25, -0.2) is 0 Å².